The molecule has 0 radical (unpaired) electrons. The van der Waals surface area contributed by atoms with Crippen molar-refractivity contribution in [3.8, 4) is 0 Å². The highest BCUT2D eigenvalue weighted by Gasteiger charge is 2.56. The summed E-state index contributed by atoms with van der Waals surface area (Å²) in [6.07, 6.45) is 1.34. The molecule has 0 aromatic heterocycles. The first-order chi connectivity index (χ1) is 8.22. The first kappa shape index (κ1) is 9.49. The van der Waals surface area contributed by atoms with Crippen molar-refractivity contribution in [1.82, 2.24) is 0 Å². The number of rotatable bonds is 2. The van der Waals surface area contributed by atoms with E-state index in [4.69, 9.17) is 7.48 Å². The standard InChI is InChI=1S/C14H26NO/c1-10(2)13-15(11(3)4)14(5)9-7-6-8-12(14)16-13/h10-12H,6-9H2,1-5H3/q+1/t12-,14-/m1/s1/i9D2. The summed E-state index contributed by atoms with van der Waals surface area (Å²) in [7, 11) is 0. The summed E-state index contributed by atoms with van der Waals surface area (Å²) in [5, 5.41) is 0. The Morgan fingerprint density at radius 1 is 1.38 bits per heavy atom. The molecule has 1 fully saturated rings. The molecule has 2 rings (SSSR count). The van der Waals surface area contributed by atoms with Crippen LogP contribution in [0.25, 0.3) is 0 Å². The van der Waals surface area contributed by atoms with Gasteiger partial charge in [-0.05, 0) is 47.0 Å². The van der Waals surface area contributed by atoms with Crippen LogP contribution in [0.3, 0.4) is 0 Å². The highest BCUT2D eigenvalue weighted by molar-refractivity contribution is 5.74. The summed E-state index contributed by atoms with van der Waals surface area (Å²) in [4.78, 5) is 0. The van der Waals surface area contributed by atoms with Gasteiger partial charge in [-0.3, -0.25) is 0 Å². The van der Waals surface area contributed by atoms with Crippen LogP contribution in [0, 0.1) is 5.92 Å². The maximum atomic E-state index is 8.44. The van der Waals surface area contributed by atoms with Gasteiger partial charge in [0.15, 0.2) is 17.7 Å². The maximum absolute atomic E-state index is 8.44. The number of hydrogen-bond acceptors (Lipinski definition) is 1. The van der Waals surface area contributed by atoms with E-state index in [1.165, 1.54) is 0 Å². The lowest BCUT2D eigenvalue weighted by Crippen LogP contribution is -2.49. The first-order valence-electron chi connectivity index (χ1n) is 7.54. The fraction of sp³-hybridized carbons (Fsp3) is 0.929. The number of ether oxygens (including phenoxy) is 1. The third kappa shape index (κ3) is 1.66. The zero-order valence-electron chi connectivity index (χ0n) is 13.2. The zero-order chi connectivity index (χ0) is 13.7. The van der Waals surface area contributed by atoms with E-state index in [-0.39, 0.29) is 12.1 Å². The van der Waals surface area contributed by atoms with Gasteiger partial charge in [-0.15, -0.1) is 0 Å². The van der Waals surface area contributed by atoms with Crippen LogP contribution in [0.5, 0.6) is 0 Å². The fourth-order valence-electron chi connectivity index (χ4n) is 3.07. The summed E-state index contributed by atoms with van der Waals surface area (Å²) in [6.45, 7) is 10.6. The Hall–Kier alpha value is -0.530. The Bertz CT molecular complexity index is 376. The Kier molecular flexibility index (Phi) is 2.40. The van der Waals surface area contributed by atoms with Crippen molar-refractivity contribution >= 4 is 5.90 Å². The minimum Gasteiger partial charge on any atom is -0.437 e. The third-order valence-electron chi connectivity index (χ3n) is 3.76. The molecular formula is C14H26NO+. The Morgan fingerprint density at radius 3 is 2.62 bits per heavy atom. The summed E-state index contributed by atoms with van der Waals surface area (Å²) in [5.41, 5.74) is -0.515. The molecule has 0 bridgehead atoms. The topological polar surface area (TPSA) is 12.2 Å². The molecule has 92 valence electrons. The largest absolute Gasteiger partial charge is 0.437 e. The number of fused-ring (bicyclic) bond motifs is 1. The lowest BCUT2D eigenvalue weighted by atomic mass is 9.80. The minimum absolute atomic E-state index is 0.000972. The van der Waals surface area contributed by atoms with E-state index in [2.05, 4.69) is 32.3 Å². The lowest BCUT2D eigenvalue weighted by molar-refractivity contribution is -0.629. The number of hydrogen-bond donors (Lipinski definition) is 0. The molecule has 0 saturated heterocycles. The normalized spacial score (nSPS) is 39.6. The van der Waals surface area contributed by atoms with Gasteiger partial charge in [0, 0.05) is 16.0 Å². The van der Waals surface area contributed by atoms with Crippen LogP contribution in [-0.4, -0.2) is 28.2 Å². The molecule has 2 aliphatic rings. The van der Waals surface area contributed by atoms with Crippen LogP contribution < -0.4 is 0 Å². The lowest BCUT2D eigenvalue weighted by Gasteiger charge is -2.32. The highest BCUT2D eigenvalue weighted by Crippen LogP contribution is 2.39. The molecule has 0 unspecified atom stereocenters. The Balaban J connectivity index is 2.55. The van der Waals surface area contributed by atoms with Gasteiger partial charge in [0.2, 0.25) is 0 Å². The van der Waals surface area contributed by atoms with E-state index in [1.54, 1.807) is 0 Å². The third-order valence-corrected chi connectivity index (χ3v) is 3.76. The predicted molar refractivity (Wildman–Crippen MR) is 67.0 cm³/mol. The number of nitrogens with zero attached hydrogens (tertiary/aromatic N) is 1. The fourth-order valence-corrected chi connectivity index (χ4v) is 3.07. The van der Waals surface area contributed by atoms with Gasteiger partial charge in [0.25, 0.3) is 0 Å². The van der Waals surface area contributed by atoms with Gasteiger partial charge in [-0.25, -0.2) is 0 Å². The van der Waals surface area contributed by atoms with Crippen molar-refractivity contribution in [3.05, 3.63) is 0 Å². The Morgan fingerprint density at radius 2 is 2.06 bits per heavy atom. The Labute approximate surface area is 103 Å². The molecule has 2 atom stereocenters. The molecule has 0 N–H and O–H groups in total. The van der Waals surface area contributed by atoms with E-state index in [9.17, 15) is 0 Å². The summed E-state index contributed by atoms with van der Waals surface area (Å²) >= 11 is 0. The molecule has 0 aromatic rings. The summed E-state index contributed by atoms with van der Waals surface area (Å²) in [6, 6.07) is 0.269. The SMILES string of the molecule is [2H]C1([2H])CCC[C@H]2OC(C(C)C)=[N+](C(C)C)[C@@]21C. The van der Waals surface area contributed by atoms with Crippen LogP contribution >= 0.6 is 0 Å². The molecule has 1 heterocycles. The molecule has 0 spiro atoms. The molecule has 1 aliphatic heterocycles. The minimum atomic E-state index is -1.18. The van der Waals surface area contributed by atoms with Crippen LogP contribution in [0.15, 0.2) is 0 Å². The van der Waals surface area contributed by atoms with E-state index in [1.807, 2.05) is 6.92 Å². The van der Waals surface area contributed by atoms with Gasteiger partial charge in [-0.1, -0.05) is 0 Å². The van der Waals surface area contributed by atoms with Crippen LogP contribution in [-0.2, 0) is 4.74 Å². The van der Waals surface area contributed by atoms with Crippen LogP contribution in [0.1, 0.15) is 63.0 Å². The van der Waals surface area contributed by atoms with E-state index in [0.29, 0.717) is 12.3 Å². The molecule has 0 aromatic carbocycles. The second-order valence-electron chi connectivity index (χ2n) is 5.78. The average Bonchev–Trinajstić information content (AvgIpc) is 2.53. The van der Waals surface area contributed by atoms with Gasteiger partial charge in [-0.2, -0.15) is 4.58 Å². The van der Waals surface area contributed by atoms with Gasteiger partial charge >= 0.3 is 5.90 Å². The van der Waals surface area contributed by atoms with Crippen molar-refractivity contribution < 1.29 is 12.1 Å². The van der Waals surface area contributed by atoms with Gasteiger partial charge < -0.3 is 4.74 Å². The maximum Gasteiger partial charge on any atom is 0.340 e. The zero-order valence-corrected chi connectivity index (χ0v) is 11.2. The second-order valence-corrected chi connectivity index (χ2v) is 5.78. The van der Waals surface area contributed by atoms with Crippen LogP contribution in [0.2, 0.25) is 0 Å². The van der Waals surface area contributed by atoms with Crippen molar-refractivity contribution in [1.29, 1.82) is 0 Å². The van der Waals surface area contributed by atoms with Crippen molar-refractivity contribution in [2.24, 2.45) is 5.92 Å². The molecule has 0 amide bonds. The molecule has 2 heteroatoms. The van der Waals surface area contributed by atoms with Gasteiger partial charge in [0.05, 0.1) is 5.92 Å². The predicted octanol–water partition coefficient (Wildman–Crippen LogP) is 3.19. The smallest absolute Gasteiger partial charge is 0.340 e. The molecular weight excluding hydrogens is 198 g/mol. The molecule has 1 saturated carbocycles. The average molecular weight is 226 g/mol. The highest BCUT2D eigenvalue weighted by atomic mass is 16.5. The second kappa shape index (κ2) is 4.05. The summed E-state index contributed by atoms with van der Waals surface area (Å²) < 4.78 is 25.2. The first-order valence-corrected chi connectivity index (χ1v) is 6.54. The monoisotopic (exact) mass is 226 g/mol. The summed E-state index contributed by atoms with van der Waals surface area (Å²) in [5.74, 6) is 1.29. The van der Waals surface area contributed by atoms with E-state index >= 15 is 0 Å². The van der Waals surface area contributed by atoms with E-state index in [0.717, 1.165) is 18.7 Å². The van der Waals surface area contributed by atoms with Crippen LogP contribution in [0.4, 0.5) is 0 Å². The van der Waals surface area contributed by atoms with Crippen molar-refractivity contribution in [3.63, 3.8) is 0 Å². The molecule has 2 nitrogen and oxygen atoms in total. The van der Waals surface area contributed by atoms with Crippen molar-refractivity contribution in [2.75, 3.05) is 0 Å². The van der Waals surface area contributed by atoms with E-state index < -0.39 is 11.9 Å². The quantitative estimate of drug-likeness (QED) is 0.659. The van der Waals surface area contributed by atoms with Gasteiger partial charge in [0.1, 0.15) is 0 Å². The van der Waals surface area contributed by atoms with Crippen molar-refractivity contribution in [2.45, 2.75) is 77.9 Å². The molecule has 1 aliphatic carbocycles. The molecule has 16 heavy (non-hydrogen) atoms.